The first-order valence-corrected chi connectivity index (χ1v) is 6.46. The monoisotopic (exact) mass is 239 g/mol. The van der Waals surface area contributed by atoms with Crippen LogP contribution in [0.4, 0.5) is 0 Å². The van der Waals surface area contributed by atoms with Crippen molar-refractivity contribution in [2.24, 2.45) is 5.73 Å². The van der Waals surface area contributed by atoms with Crippen molar-refractivity contribution in [3.05, 3.63) is 71.8 Å². The zero-order valence-corrected chi connectivity index (χ0v) is 11.1. The van der Waals surface area contributed by atoms with E-state index in [0.717, 1.165) is 6.42 Å². The molecule has 0 saturated carbocycles. The summed E-state index contributed by atoms with van der Waals surface area (Å²) in [5.41, 5.74) is 9.00. The van der Waals surface area contributed by atoms with Gasteiger partial charge in [-0.15, -0.1) is 0 Å². The lowest BCUT2D eigenvalue weighted by Gasteiger charge is -2.32. The summed E-state index contributed by atoms with van der Waals surface area (Å²) >= 11 is 0. The van der Waals surface area contributed by atoms with E-state index in [0.29, 0.717) is 0 Å². The average Bonchev–Trinajstić information content (AvgIpc) is 2.41. The van der Waals surface area contributed by atoms with E-state index in [-0.39, 0.29) is 11.5 Å². The Morgan fingerprint density at radius 2 is 1.39 bits per heavy atom. The fourth-order valence-electron chi connectivity index (χ4n) is 2.20. The van der Waals surface area contributed by atoms with Crippen molar-refractivity contribution in [3.63, 3.8) is 0 Å². The lowest BCUT2D eigenvalue weighted by atomic mass is 9.76. The lowest BCUT2D eigenvalue weighted by molar-refractivity contribution is 0.406. The van der Waals surface area contributed by atoms with Gasteiger partial charge in [-0.05, 0) is 17.5 Å². The molecule has 0 aliphatic heterocycles. The van der Waals surface area contributed by atoms with Crippen LogP contribution in [0.1, 0.15) is 25.0 Å². The summed E-state index contributed by atoms with van der Waals surface area (Å²) in [5, 5.41) is 0. The van der Waals surface area contributed by atoms with Crippen molar-refractivity contribution in [3.8, 4) is 0 Å². The molecule has 1 unspecified atom stereocenters. The Bertz CT molecular complexity index is 473. The summed E-state index contributed by atoms with van der Waals surface area (Å²) in [5.74, 6) is 0. The fraction of sp³-hybridized carbons (Fsp3) is 0.294. The van der Waals surface area contributed by atoms with E-state index in [4.69, 9.17) is 5.73 Å². The number of hydrogen-bond donors (Lipinski definition) is 1. The molecule has 18 heavy (non-hydrogen) atoms. The predicted molar refractivity (Wildman–Crippen MR) is 77.6 cm³/mol. The third-order valence-electron chi connectivity index (χ3n) is 3.74. The minimum atomic E-state index is -0.0168. The van der Waals surface area contributed by atoms with E-state index in [1.165, 1.54) is 11.1 Å². The van der Waals surface area contributed by atoms with Crippen LogP contribution in [0.15, 0.2) is 60.7 Å². The van der Waals surface area contributed by atoms with Crippen LogP contribution in [-0.2, 0) is 11.8 Å². The minimum absolute atomic E-state index is 0.0168. The van der Waals surface area contributed by atoms with Gasteiger partial charge in [-0.25, -0.2) is 0 Å². The molecule has 0 aromatic heterocycles. The Kier molecular flexibility index (Phi) is 3.83. The van der Waals surface area contributed by atoms with Gasteiger partial charge >= 0.3 is 0 Å². The average molecular weight is 239 g/mol. The second kappa shape index (κ2) is 5.36. The molecular weight excluding hydrogens is 218 g/mol. The van der Waals surface area contributed by atoms with Crippen LogP contribution in [0.5, 0.6) is 0 Å². The molecule has 1 nitrogen and oxygen atoms in total. The molecule has 0 bridgehead atoms. The van der Waals surface area contributed by atoms with Crippen molar-refractivity contribution in [1.29, 1.82) is 0 Å². The summed E-state index contributed by atoms with van der Waals surface area (Å²) in [4.78, 5) is 0. The highest BCUT2D eigenvalue weighted by atomic mass is 14.7. The lowest BCUT2D eigenvalue weighted by Crippen LogP contribution is -2.42. The molecule has 0 aliphatic rings. The van der Waals surface area contributed by atoms with Crippen molar-refractivity contribution < 1.29 is 0 Å². The van der Waals surface area contributed by atoms with Crippen LogP contribution in [-0.4, -0.2) is 6.04 Å². The van der Waals surface area contributed by atoms with Gasteiger partial charge in [-0.3, -0.25) is 0 Å². The maximum Gasteiger partial charge on any atom is 0.0172 e. The molecule has 0 spiro atoms. The first-order valence-electron chi connectivity index (χ1n) is 6.46. The van der Waals surface area contributed by atoms with Gasteiger partial charge in [0.2, 0.25) is 0 Å². The molecule has 0 amide bonds. The number of benzene rings is 2. The van der Waals surface area contributed by atoms with E-state index in [1.807, 2.05) is 12.1 Å². The van der Waals surface area contributed by atoms with Gasteiger partial charge in [0.05, 0.1) is 0 Å². The summed E-state index contributed by atoms with van der Waals surface area (Å²) in [6, 6.07) is 21.1. The summed E-state index contributed by atoms with van der Waals surface area (Å²) in [6.45, 7) is 4.44. The summed E-state index contributed by atoms with van der Waals surface area (Å²) < 4.78 is 0. The first kappa shape index (κ1) is 12.8. The van der Waals surface area contributed by atoms with E-state index < -0.39 is 0 Å². The Labute approximate surface area is 110 Å². The van der Waals surface area contributed by atoms with Gasteiger partial charge in [-0.1, -0.05) is 74.5 Å². The number of nitrogens with two attached hydrogens (primary N) is 1. The Morgan fingerprint density at radius 3 is 1.94 bits per heavy atom. The van der Waals surface area contributed by atoms with E-state index >= 15 is 0 Å². The second-order valence-corrected chi connectivity index (χ2v) is 5.38. The van der Waals surface area contributed by atoms with Gasteiger partial charge in [0.1, 0.15) is 0 Å². The normalized spacial score (nSPS) is 13.3. The SMILES string of the molecule is CC(C)(c1ccccc1)C(N)Cc1ccccc1. The molecular formula is C17H21N. The van der Waals surface area contributed by atoms with Crippen molar-refractivity contribution in [2.75, 3.05) is 0 Å². The van der Waals surface area contributed by atoms with Gasteiger partial charge in [0, 0.05) is 11.5 Å². The molecule has 0 fully saturated rings. The van der Waals surface area contributed by atoms with Crippen LogP contribution >= 0.6 is 0 Å². The summed E-state index contributed by atoms with van der Waals surface area (Å²) in [7, 11) is 0. The van der Waals surface area contributed by atoms with E-state index in [2.05, 4.69) is 62.4 Å². The van der Waals surface area contributed by atoms with Crippen LogP contribution in [0, 0.1) is 0 Å². The third kappa shape index (κ3) is 2.80. The topological polar surface area (TPSA) is 26.0 Å². The highest BCUT2D eigenvalue weighted by Crippen LogP contribution is 2.27. The van der Waals surface area contributed by atoms with Gasteiger partial charge in [-0.2, -0.15) is 0 Å². The van der Waals surface area contributed by atoms with Crippen LogP contribution in [0.3, 0.4) is 0 Å². The maximum atomic E-state index is 6.42. The second-order valence-electron chi connectivity index (χ2n) is 5.38. The Morgan fingerprint density at radius 1 is 0.889 bits per heavy atom. The highest BCUT2D eigenvalue weighted by Gasteiger charge is 2.28. The number of rotatable bonds is 4. The Hall–Kier alpha value is -1.60. The van der Waals surface area contributed by atoms with Gasteiger partial charge < -0.3 is 5.73 Å². The molecule has 1 atom stereocenters. The molecule has 0 aliphatic carbocycles. The van der Waals surface area contributed by atoms with Crippen LogP contribution < -0.4 is 5.73 Å². The molecule has 0 saturated heterocycles. The quantitative estimate of drug-likeness (QED) is 0.867. The smallest absolute Gasteiger partial charge is 0.0172 e. The molecule has 2 aromatic carbocycles. The van der Waals surface area contributed by atoms with Gasteiger partial charge in [0.25, 0.3) is 0 Å². The standard InChI is InChI=1S/C17H21N/c1-17(2,15-11-7-4-8-12-15)16(18)13-14-9-5-3-6-10-14/h3-12,16H,13,18H2,1-2H3. The molecule has 2 aromatic rings. The van der Waals surface area contributed by atoms with E-state index in [1.54, 1.807) is 0 Å². The maximum absolute atomic E-state index is 6.42. The highest BCUT2D eigenvalue weighted by molar-refractivity contribution is 5.27. The molecule has 94 valence electrons. The number of hydrogen-bond acceptors (Lipinski definition) is 1. The van der Waals surface area contributed by atoms with Crippen LogP contribution in [0.2, 0.25) is 0 Å². The molecule has 2 N–H and O–H groups in total. The predicted octanol–water partition coefficient (Wildman–Crippen LogP) is 3.53. The van der Waals surface area contributed by atoms with Gasteiger partial charge in [0.15, 0.2) is 0 Å². The van der Waals surface area contributed by atoms with Crippen molar-refractivity contribution in [1.82, 2.24) is 0 Å². The van der Waals surface area contributed by atoms with E-state index in [9.17, 15) is 0 Å². The fourth-order valence-corrected chi connectivity index (χ4v) is 2.20. The molecule has 0 radical (unpaired) electrons. The third-order valence-corrected chi connectivity index (χ3v) is 3.74. The zero-order valence-electron chi connectivity index (χ0n) is 11.1. The molecule has 2 rings (SSSR count). The summed E-state index contributed by atoms with van der Waals surface area (Å²) in [6.07, 6.45) is 0.905. The Balaban J connectivity index is 2.15. The van der Waals surface area contributed by atoms with Crippen molar-refractivity contribution in [2.45, 2.75) is 31.7 Å². The van der Waals surface area contributed by atoms with Crippen molar-refractivity contribution >= 4 is 0 Å². The minimum Gasteiger partial charge on any atom is -0.327 e. The first-order chi connectivity index (χ1) is 8.60. The zero-order chi connectivity index (χ0) is 13.0. The molecule has 1 heteroatoms. The van der Waals surface area contributed by atoms with Crippen LogP contribution in [0.25, 0.3) is 0 Å². The molecule has 0 heterocycles. The largest absolute Gasteiger partial charge is 0.327 e.